The van der Waals surface area contributed by atoms with Crippen LogP contribution in [0.15, 0.2) is 12.1 Å². The molecule has 1 N–H and O–H groups in total. The van der Waals surface area contributed by atoms with Crippen LogP contribution in [0, 0.1) is 10.1 Å². The number of rotatable bonds is 5. The number of hydrogen-bond donors (Lipinski definition) is 1. The Morgan fingerprint density at radius 3 is 2.95 bits per heavy atom. The summed E-state index contributed by atoms with van der Waals surface area (Å²) in [7, 11) is 0. The van der Waals surface area contributed by atoms with Crippen LogP contribution in [0.1, 0.15) is 30.6 Å². The average molecular weight is 284 g/mol. The highest BCUT2D eigenvalue weighted by Gasteiger charge is 2.25. The zero-order chi connectivity index (χ0) is 13.8. The van der Waals surface area contributed by atoms with E-state index in [4.69, 9.17) is 5.11 Å². The molecule has 1 aromatic heterocycles. The fraction of sp³-hybridized carbons (Fsp3) is 0.583. The molecule has 0 radical (unpaired) electrons. The van der Waals surface area contributed by atoms with Gasteiger partial charge in [-0.15, -0.1) is 0 Å². The Morgan fingerprint density at radius 2 is 2.32 bits per heavy atom. The Hall–Kier alpha value is -1.47. The Balaban J connectivity index is 2.01. The van der Waals surface area contributed by atoms with Crippen molar-refractivity contribution in [3.05, 3.63) is 27.1 Å². The molecule has 1 aliphatic rings. The molecule has 19 heavy (non-hydrogen) atoms. The van der Waals surface area contributed by atoms with Crippen LogP contribution in [0.5, 0.6) is 0 Å². The Labute approximate surface area is 114 Å². The van der Waals surface area contributed by atoms with E-state index >= 15 is 0 Å². The Morgan fingerprint density at radius 1 is 1.53 bits per heavy atom. The number of carboxylic acid groups (broad SMARTS) is 1. The summed E-state index contributed by atoms with van der Waals surface area (Å²) in [6.07, 6.45) is 3.15. The molecule has 1 aromatic rings. The predicted octanol–water partition coefficient (Wildman–Crippen LogP) is 2.49. The molecular formula is C12H16N2O4S. The highest BCUT2D eigenvalue weighted by Crippen LogP contribution is 2.28. The summed E-state index contributed by atoms with van der Waals surface area (Å²) >= 11 is 1.17. The van der Waals surface area contributed by atoms with Crippen LogP contribution in [-0.2, 0) is 11.3 Å². The van der Waals surface area contributed by atoms with Crippen LogP contribution >= 0.6 is 11.3 Å². The van der Waals surface area contributed by atoms with Gasteiger partial charge in [-0.25, -0.2) is 0 Å². The minimum atomic E-state index is -0.783. The number of nitro groups is 1. The van der Waals surface area contributed by atoms with Gasteiger partial charge in [-0.2, -0.15) is 0 Å². The van der Waals surface area contributed by atoms with Gasteiger partial charge in [-0.1, -0.05) is 17.8 Å². The predicted molar refractivity (Wildman–Crippen MR) is 71.3 cm³/mol. The largest absolute Gasteiger partial charge is 0.481 e. The van der Waals surface area contributed by atoms with Crippen LogP contribution < -0.4 is 0 Å². The smallest absolute Gasteiger partial charge is 0.324 e. The third kappa shape index (κ3) is 3.74. The SMILES string of the molecule is O=C(O)CC1CCCCN1Cc1ccc([N+](=O)[O-])s1. The van der Waals surface area contributed by atoms with Gasteiger partial charge in [0.25, 0.3) is 0 Å². The molecule has 0 aromatic carbocycles. The van der Waals surface area contributed by atoms with Gasteiger partial charge in [0, 0.05) is 23.5 Å². The van der Waals surface area contributed by atoms with Crippen molar-refractivity contribution in [1.29, 1.82) is 0 Å². The van der Waals surface area contributed by atoms with Crippen molar-refractivity contribution >= 4 is 22.3 Å². The number of aliphatic carboxylic acids is 1. The quantitative estimate of drug-likeness (QED) is 0.663. The van der Waals surface area contributed by atoms with Gasteiger partial charge in [-0.05, 0) is 25.5 Å². The summed E-state index contributed by atoms with van der Waals surface area (Å²) in [5.74, 6) is -0.783. The number of thiophene rings is 1. The lowest BCUT2D eigenvalue weighted by Gasteiger charge is -2.34. The molecule has 104 valence electrons. The Bertz CT molecular complexity index is 474. The Kier molecular flexibility index (Phi) is 4.49. The fourth-order valence-corrected chi connectivity index (χ4v) is 3.30. The fourth-order valence-electron chi connectivity index (χ4n) is 2.45. The molecule has 0 spiro atoms. The number of hydrogen-bond acceptors (Lipinski definition) is 5. The van der Waals surface area contributed by atoms with Crippen LogP contribution in [0.25, 0.3) is 0 Å². The second-order valence-electron chi connectivity index (χ2n) is 4.71. The molecule has 7 heteroatoms. The number of carboxylic acids is 1. The summed E-state index contributed by atoms with van der Waals surface area (Å²) in [4.78, 5) is 24.1. The molecule has 0 saturated carbocycles. The zero-order valence-electron chi connectivity index (χ0n) is 10.4. The summed E-state index contributed by atoms with van der Waals surface area (Å²) in [5, 5.41) is 19.7. The van der Waals surface area contributed by atoms with Crippen molar-refractivity contribution in [3.63, 3.8) is 0 Å². The number of likely N-dealkylation sites (tertiary alicyclic amines) is 1. The topological polar surface area (TPSA) is 83.7 Å². The summed E-state index contributed by atoms with van der Waals surface area (Å²) < 4.78 is 0. The van der Waals surface area contributed by atoms with Gasteiger partial charge < -0.3 is 5.11 Å². The maximum atomic E-state index is 10.8. The van der Waals surface area contributed by atoms with E-state index in [1.807, 2.05) is 0 Å². The van der Waals surface area contributed by atoms with E-state index in [9.17, 15) is 14.9 Å². The van der Waals surface area contributed by atoms with E-state index in [0.717, 1.165) is 30.7 Å². The van der Waals surface area contributed by atoms with Gasteiger partial charge in [-0.3, -0.25) is 19.8 Å². The van der Waals surface area contributed by atoms with Crippen molar-refractivity contribution in [2.24, 2.45) is 0 Å². The van der Waals surface area contributed by atoms with Crippen LogP contribution in [-0.4, -0.2) is 33.5 Å². The summed E-state index contributed by atoms with van der Waals surface area (Å²) in [6, 6.07) is 3.32. The van der Waals surface area contributed by atoms with Gasteiger partial charge in [0.1, 0.15) is 0 Å². The van der Waals surface area contributed by atoms with Gasteiger partial charge >= 0.3 is 11.0 Å². The number of nitrogens with zero attached hydrogens (tertiary/aromatic N) is 2. The standard InChI is InChI=1S/C12H16N2O4S/c15-12(16)7-9-3-1-2-6-13(9)8-10-4-5-11(19-10)14(17)18/h4-5,9H,1-3,6-8H2,(H,15,16). The summed E-state index contributed by atoms with van der Waals surface area (Å²) in [5.41, 5.74) is 0. The van der Waals surface area contributed by atoms with E-state index < -0.39 is 5.97 Å². The maximum absolute atomic E-state index is 10.8. The molecule has 2 heterocycles. The van der Waals surface area contributed by atoms with E-state index in [2.05, 4.69) is 4.90 Å². The highest BCUT2D eigenvalue weighted by molar-refractivity contribution is 7.15. The second kappa shape index (κ2) is 6.12. The van der Waals surface area contributed by atoms with E-state index in [1.165, 1.54) is 17.4 Å². The summed E-state index contributed by atoms with van der Waals surface area (Å²) in [6.45, 7) is 1.47. The molecule has 1 unspecified atom stereocenters. The first-order chi connectivity index (χ1) is 9.06. The molecule has 2 rings (SSSR count). The molecule has 0 bridgehead atoms. The van der Waals surface area contributed by atoms with Crippen LogP contribution in [0.3, 0.4) is 0 Å². The first-order valence-electron chi connectivity index (χ1n) is 6.25. The van der Waals surface area contributed by atoms with E-state index in [1.54, 1.807) is 6.07 Å². The zero-order valence-corrected chi connectivity index (χ0v) is 11.3. The van der Waals surface area contributed by atoms with E-state index in [-0.39, 0.29) is 22.4 Å². The van der Waals surface area contributed by atoms with Gasteiger partial charge in [0.2, 0.25) is 0 Å². The van der Waals surface area contributed by atoms with Crippen molar-refractivity contribution < 1.29 is 14.8 Å². The number of piperidine rings is 1. The lowest BCUT2D eigenvalue weighted by Crippen LogP contribution is -2.40. The van der Waals surface area contributed by atoms with Gasteiger partial charge in [0.05, 0.1) is 11.3 Å². The molecule has 0 aliphatic carbocycles. The van der Waals surface area contributed by atoms with E-state index in [0.29, 0.717) is 6.54 Å². The lowest BCUT2D eigenvalue weighted by molar-refractivity contribution is -0.380. The molecular weight excluding hydrogens is 268 g/mol. The normalized spacial score (nSPS) is 20.3. The monoisotopic (exact) mass is 284 g/mol. The maximum Gasteiger partial charge on any atom is 0.324 e. The highest BCUT2D eigenvalue weighted by atomic mass is 32.1. The lowest BCUT2D eigenvalue weighted by atomic mass is 9.99. The molecule has 1 saturated heterocycles. The molecule has 1 atom stereocenters. The molecule has 6 nitrogen and oxygen atoms in total. The minimum Gasteiger partial charge on any atom is -0.481 e. The van der Waals surface area contributed by atoms with Crippen LogP contribution in [0.4, 0.5) is 5.00 Å². The number of carbonyl (C=O) groups is 1. The molecule has 0 amide bonds. The van der Waals surface area contributed by atoms with Crippen molar-refractivity contribution in [3.8, 4) is 0 Å². The van der Waals surface area contributed by atoms with Gasteiger partial charge in [0.15, 0.2) is 0 Å². The molecule has 1 fully saturated rings. The van der Waals surface area contributed by atoms with Crippen molar-refractivity contribution in [1.82, 2.24) is 4.90 Å². The second-order valence-corrected chi connectivity index (χ2v) is 5.86. The minimum absolute atomic E-state index is 0.0485. The third-order valence-corrected chi connectivity index (χ3v) is 4.37. The average Bonchev–Trinajstić information content (AvgIpc) is 2.80. The van der Waals surface area contributed by atoms with Crippen LogP contribution in [0.2, 0.25) is 0 Å². The molecule has 1 aliphatic heterocycles. The first-order valence-corrected chi connectivity index (χ1v) is 7.07. The van der Waals surface area contributed by atoms with Crippen molar-refractivity contribution in [2.75, 3.05) is 6.54 Å². The van der Waals surface area contributed by atoms with Crippen molar-refractivity contribution in [2.45, 2.75) is 38.3 Å². The first kappa shape index (κ1) is 14.0. The third-order valence-electron chi connectivity index (χ3n) is 3.35.